The van der Waals surface area contributed by atoms with Gasteiger partial charge in [-0.25, -0.2) is 4.98 Å². The molecular weight excluding hydrogens is 388 g/mol. The maximum absolute atomic E-state index is 5.40. The Balaban J connectivity index is 1.36. The van der Waals surface area contributed by atoms with Gasteiger partial charge in [0.25, 0.3) is 0 Å². The predicted octanol–water partition coefficient (Wildman–Crippen LogP) is 4.50. The summed E-state index contributed by atoms with van der Waals surface area (Å²) in [5.41, 5.74) is 7.06. The number of aromatic nitrogens is 4. The minimum atomic E-state index is 0.794. The van der Waals surface area contributed by atoms with Crippen LogP contribution in [0, 0.1) is 0 Å². The van der Waals surface area contributed by atoms with Crippen LogP contribution in [0.3, 0.4) is 0 Å². The third kappa shape index (κ3) is 3.26. The van der Waals surface area contributed by atoms with Gasteiger partial charge in [0.05, 0.1) is 24.5 Å². The van der Waals surface area contributed by atoms with E-state index in [0.717, 1.165) is 60.0 Å². The number of rotatable bonds is 4. The predicted molar refractivity (Wildman–Crippen MR) is 121 cm³/mol. The number of ether oxygens (including phenoxy) is 1. The second-order valence-corrected chi connectivity index (χ2v) is 8.29. The highest BCUT2D eigenvalue weighted by atomic mass is 16.5. The molecule has 7 nitrogen and oxygen atoms in total. The van der Waals surface area contributed by atoms with E-state index in [1.807, 2.05) is 18.3 Å². The summed E-state index contributed by atoms with van der Waals surface area (Å²) in [5.74, 6) is 2.61. The Labute approximate surface area is 180 Å². The molecule has 2 N–H and O–H groups in total. The molecule has 6 rings (SSSR count). The molecule has 0 saturated heterocycles. The number of aryl methyl sites for hydroxylation is 1. The van der Waals surface area contributed by atoms with E-state index in [-0.39, 0.29) is 0 Å². The van der Waals surface area contributed by atoms with E-state index in [2.05, 4.69) is 44.7 Å². The van der Waals surface area contributed by atoms with Gasteiger partial charge in [-0.2, -0.15) is 10.1 Å². The van der Waals surface area contributed by atoms with Crippen molar-refractivity contribution in [3.05, 3.63) is 65.0 Å². The van der Waals surface area contributed by atoms with Gasteiger partial charge in [0, 0.05) is 29.7 Å². The molecule has 0 atom stereocenters. The van der Waals surface area contributed by atoms with Crippen LogP contribution in [0.15, 0.2) is 42.6 Å². The summed E-state index contributed by atoms with van der Waals surface area (Å²) in [6.45, 7) is 1.62. The Hall–Kier alpha value is -3.61. The van der Waals surface area contributed by atoms with Gasteiger partial charge in [0.2, 0.25) is 5.95 Å². The van der Waals surface area contributed by atoms with Crippen molar-refractivity contribution in [2.24, 2.45) is 0 Å². The minimum Gasteiger partial charge on any atom is -0.497 e. The number of anilines is 3. The van der Waals surface area contributed by atoms with E-state index in [1.165, 1.54) is 35.2 Å². The molecule has 0 spiro atoms. The number of hydrogen-bond donors (Lipinski definition) is 2. The fourth-order valence-corrected chi connectivity index (χ4v) is 4.62. The minimum absolute atomic E-state index is 0.794. The summed E-state index contributed by atoms with van der Waals surface area (Å²) >= 11 is 0. The molecule has 0 saturated carbocycles. The van der Waals surface area contributed by atoms with Crippen LogP contribution in [-0.4, -0.2) is 27.3 Å². The highest BCUT2D eigenvalue weighted by molar-refractivity contribution is 5.83. The first-order chi connectivity index (χ1) is 15.3. The molecule has 4 aromatic rings. The first-order valence-corrected chi connectivity index (χ1v) is 10.8. The molecular formula is C24H24N6O. The Morgan fingerprint density at radius 1 is 1.00 bits per heavy atom. The number of aromatic amines is 1. The molecule has 3 heterocycles. The fraction of sp³-hybridized carbons (Fsp3) is 0.292. The van der Waals surface area contributed by atoms with Crippen molar-refractivity contribution in [2.45, 2.75) is 38.8 Å². The van der Waals surface area contributed by atoms with Crippen molar-refractivity contribution < 1.29 is 4.74 Å². The number of benzene rings is 2. The monoisotopic (exact) mass is 412 g/mol. The average Bonchev–Trinajstić information content (AvgIpc) is 3.45. The van der Waals surface area contributed by atoms with E-state index in [1.54, 1.807) is 7.11 Å². The molecule has 0 unspecified atom stereocenters. The van der Waals surface area contributed by atoms with Gasteiger partial charge >= 0.3 is 0 Å². The van der Waals surface area contributed by atoms with E-state index < -0.39 is 0 Å². The maximum atomic E-state index is 5.40. The van der Waals surface area contributed by atoms with Crippen molar-refractivity contribution in [1.29, 1.82) is 0 Å². The lowest BCUT2D eigenvalue weighted by atomic mass is 9.96. The molecule has 31 heavy (non-hydrogen) atoms. The van der Waals surface area contributed by atoms with E-state index in [9.17, 15) is 0 Å². The Bertz CT molecular complexity index is 1280. The Morgan fingerprint density at radius 3 is 2.84 bits per heavy atom. The zero-order chi connectivity index (χ0) is 20.8. The summed E-state index contributed by atoms with van der Waals surface area (Å²) in [5, 5.41) is 11.8. The van der Waals surface area contributed by atoms with Crippen LogP contribution in [0.2, 0.25) is 0 Å². The Morgan fingerprint density at radius 2 is 1.90 bits per heavy atom. The van der Waals surface area contributed by atoms with Crippen LogP contribution in [0.5, 0.6) is 5.75 Å². The molecule has 0 bridgehead atoms. The smallest absolute Gasteiger partial charge is 0.228 e. The normalized spacial score (nSPS) is 15.1. The van der Waals surface area contributed by atoms with Gasteiger partial charge in [-0.3, -0.25) is 5.10 Å². The van der Waals surface area contributed by atoms with E-state index >= 15 is 0 Å². The van der Waals surface area contributed by atoms with Crippen LogP contribution in [0.1, 0.15) is 35.2 Å². The van der Waals surface area contributed by atoms with Gasteiger partial charge in [-0.1, -0.05) is 6.07 Å². The lowest BCUT2D eigenvalue weighted by molar-refractivity contribution is 0.414. The van der Waals surface area contributed by atoms with Gasteiger partial charge in [0.1, 0.15) is 11.6 Å². The number of fused-ring (bicyclic) bond motifs is 3. The molecule has 156 valence electrons. The number of H-pyrrole nitrogens is 1. The molecule has 0 radical (unpaired) electrons. The molecule has 0 fully saturated rings. The maximum Gasteiger partial charge on any atom is 0.228 e. The van der Waals surface area contributed by atoms with Gasteiger partial charge in [-0.05, 0) is 67.1 Å². The summed E-state index contributed by atoms with van der Waals surface area (Å²) in [6, 6.07) is 12.5. The van der Waals surface area contributed by atoms with Gasteiger partial charge in [-0.15, -0.1) is 0 Å². The lowest BCUT2D eigenvalue weighted by Gasteiger charge is -2.23. The van der Waals surface area contributed by atoms with Gasteiger partial charge in [0.15, 0.2) is 0 Å². The molecule has 2 aliphatic rings. The van der Waals surface area contributed by atoms with Crippen LogP contribution in [0.4, 0.5) is 17.5 Å². The van der Waals surface area contributed by atoms with Crippen molar-refractivity contribution in [1.82, 2.24) is 20.2 Å². The molecule has 7 heteroatoms. The zero-order valence-electron chi connectivity index (χ0n) is 17.5. The number of nitrogens with one attached hydrogen (secondary N) is 2. The third-order valence-corrected chi connectivity index (χ3v) is 6.29. The summed E-state index contributed by atoms with van der Waals surface area (Å²) < 4.78 is 5.40. The topological polar surface area (TPSA) is 79.0 Å². The summed E-state index contributed by atoms with van der Waals surface area (Å²) in [6.07, 6.45) is 6.23. The van der Waals surface area contributed by atoms with Crippen molar-refractivity contribution in [2.75, 3.05) is 17.3 Å². The van der Waals surface area contributed by atoms with E-state index in [4.69, 9.17) is 14.7 Å². The molecule has 2 aromatic heterocycles. The van der Waals surface area contributed by atoms with Crippen molar-refractivity contribution >= 4 is 28.4 Å². The molecule has 1 aliphatic carbocycles. The van der Waals surface area contributed by atoms with Crippen molar-refractivity contribution in [3.63, 3.8) is 0 Å². The van der Waals surface area contributed by atoms with Crippen molar-refractivity contribution in [3.8, 4) is 5.75 Å². The number of methoxy groups -OCH3 is 1. The number of nitrogens with zero attached hydrogens (tertiary/aromatic N) is 4. The third-order valence-electron chi connectivity index (χ3n) is 6.29. The first kappa shape index (κ1) is 18.2. The largest absolute Gasteiger partial charge is 0.497 e. The highest BCUT2D eigenvalue weighted by Gasteiger charge is 2.25. The van der Waals surface area contributed by atoms with Crippen LogP contribution >= 0.6 is 0 Å². The second-order valence-electron chi connectivity index (χ2n) is 8.29. The summed E-state index contributed by atoms with van der Waals surface area (Å²) in [4.78, 5) is 12.3. The van der Waals surface area contributed by atoms with Crippen LogP contribution < -0.4 is 15.0 Å². The second kappa shape index (κ2) is 7.27. The molecule has 1 aliphatic heterocycles. The Kier molecular flexibility index (Phi) is 4.26. The quantitative estimate of drug-likeness (QED) is 0.514. The average molecular weight is 412 g/mol. The van der Waals surface area contributed by atoms with Gasteiger partial charge < -0.3 is 15.0 Å². The fourth-order valence-electron chi connectivity index (χ4n) is 4.62. The highest BCUT2D eigenvalue weighted by Crippen LogP contribution is 2.34. The summed E-state index contributed by atoms with van der Waals surface area (Å²) in [7, 11) is 1.71. The van der Waals surface area contributed by atoms with Crippen LogP contribution in [0.25, 0.3) is 10.9 Å². The van der Waals surface area contributed by atoms with E-state index in [0.29, 0.717) is 0 Å². The SMILES string of the molecule is COc1ccc2c(c1)CN(c1nc3c(c(Nc4ccc5[nH]ncc5c4)n1)CCCC3)C2. The standard InChI is InChI=1S/C24H24N6O/c1-31-19-8-6-15-13-30(14-17(15)11-19)24-27-22-5-3-2-4-20(22)23(28-24)26-18-7-9-21-16(10-18)12-25-29-21/h6-12H,2-5,13-14H2,1H3,(H,25,29)(H,26,27,28). The number of hydrogen-bond acceptors (Lipinski definition) is 6. The molecule has 2 aromatic carbocycles. The zero-order valence-corrected chi connectivity index (χ0v) is 17.5. The first-order valence-electron chi connectivity index (χ1n) is 10.8. The van der Waals surface area contributed by atoms with Crippen LogP contribution in [-0.2, 0) is 25.9 Å². The lowest BCUT2D eigenvalue weighted by Crippen LogP contribution is -2.21. The molecule has 0 amide bonds.